The van der Waals surface area contributed by atoms with Crippen LogP contribution < -0.4 is 0 Å². The Kier molecular flexibility index (Phi) is 5.38. The summed E-state index contributed by atoms with van der Waals surface area (Å²) in [5, 5.41) is 0. The number of hydrogen-bond donors (Lipinski definition) is 0. The molecule has 1 rings (SSSR count). The van der Waals surface area contributed by atoms with Crippen LogP contribution in [0.1, 0.15) is 52.4 Å². The minimum Gasteiger partial charge on any atom is -0.295 e. The van der Waals surface area contributed by atoms with Gasteiger partial charge in [-0.3, -0.25) is 4.79 Å². The summed E-state index contributed by atoms with van der Waals surface area (Å²) in [6, 6.07) is 0. The van der Waals surface area contributed by atoms with E-state index in [0.717, 1.165) is 31.3 Å². The van der Waals surface area contributed by atoms with Crippen LogP contribution in [-0.2, 0) is 4.79 Å². The zero-order chi connectivity index (χ0) is 11.1. The van der Waals surface area contributed by atoms with E-state index in [9.17, 15) is 4.79 Å². The minimum atomic E-state index is 0.301. The summed E-state index contributed by atoms with van der Waals surface area (Å²) in [6.07, 6.45) is 12.8. The normalized spacial score (nSPS) is 24.4. The molecule has 15 heavy (non-hydrogen) atoms. The molecule has 0 radical (unpaired) electrons. The number of carbonyl (C=O) groups excluding carboxylic acids is 1. The predicted molar refractivity (Wildman–Crippen MR) is 64.8 cm³/mol. The average Bonchev–Trinajstić information content (AvgIpc) is 2.20. The second kappa shape index (κ2) is 6.60. The average molecular weight is 206 g/mol. The molecule has 1 atom stereocenters. The largest absolute Gasteiger partial charge is 0.295 e. The quantitative estimate of drug-likeness (QED) is 0.637. The van der Waals surface area contributed by atoms with Crippen LogP contribution in [0.4, 0.5) is 0 Å². The molecule has 0 heterocycles. The van der Waals surface area contributed by atoms with E-state index < -0.39 is 0 Å². The van der Waals surface area contributed by atoms with Gasteiger partial charge in [-0.15, -0.1) is 0 Å². The number of rotatable bonds is 3. The second-order valence-corrected chi connectivity index (χ2v) is 4.31. The molecule has 0 saturated heterocycles. The third-order valence-electron chi connectivity index (χ3n) is 2.95. The van der Waals surface area contributed by atoms with Crippen LogP contribution in [0.15, 0.2) is 23.8 Å². The van der Waals surface area contributed by atoms with Gasteiger partial charge in [0.25, 0.3) is 0 Å². The zero-order valence-corrected chi connectivity index (χ0v) is 9.96. The lowest BCUT2D eigenvalue weighted by molar-refractivity contribution is -0.116. The molecule has 0 aromatic heterocycles. The molecular weight excluding hydrogens is 184 g/mol. The fourth-order valence-corrected chi connectivity index (χ4v) is 2.01. The van der Waals surface area contributed by atoms with Gasteiger partial charge in [0.2, 0.25) is 0 Å². The highest BCUT2D eigenvalue weighted by molar-refractivity contribution is 5.96. The van der Waals surface area contributed by atoms with Gasteiger partial charge in [0, 0.05) is 12.3 Å². The molecule has 1 aliphatic carbocycles. The van der Waals surface area contributed by atoms with Crippen molar-refractivity contribution >= 4 is 5.78 Å². The molecule has 0 bridgehead atoms. The Labute approximate surface area is 93.3 Å². The molecule has 0 saturated carbocycles. The molecule has 0 amide bonds. The summed E-state index contributed by atoms with van der Waals surface area (Å²) in [7, 11) is 0. The van der Waals surface area contributed by atoms with E-state index in [1.165, 1.54) is 12.8 Å². The first-order chi connectivity index (χ1) is 7.25. The van der Waals surface area contributed by atoms with Gasteiger partial charge in [-0.2, -0.15) is 0 Å². The summed E-state index contributed by atoms with van der Waals surface area (Å²) in [6.45, 7) is 4.25. The van der Waals surface area contributed by atoms with Gasteiger partial charge in [0.15, 0.2) is 5.78 Å². The van der Waals surface area contributed by atoms with Gasteiger partial charge in [-0.1, -0.05) is 38.5 Å². The molecule has 0 N–H and O–H groups in total. The maximum absolute atomic E-state index is 11.9. The van der Waals surface area contributed by atoms with E-state index in [1.54, 1.807) is 0 Å². The number of carbonyl (C=O) groups is 1. The SMILES string of the molecule is CC/C=C\[C@H](C)/C1=C/CCCCCC1=O. The van der Waals surface area contributed by atoms with Crippen LogP contribution in [0.5, 0.6) is 0 Å². The Morgan fingerprint density at radius 3 is 2.93 bits per heavy atom. The van der Waals surface area contributed by atoms with E-state index in [1.807, 2.05) is 0 Å². The lowest BCUT2D eigenvalue weighted by Crippen LogP contribution is -2.10. The molecule has 0 aromatic carbocycles. The van der Waals surface area contributed by atoms with Crippen LogP contribution in [0, 0.1) is 5.92 Å². The summed E-state index contributed by atoms with van der Waals surface area (Å²) < 4.78 is 0. The molecule has 0 fully saturated rings. The lowest BCUT2D eigenvalue weighted by atomic mass is 9.90. The Morgan fingerprint density at radius 1 is 1.40 bits per heavy atom. The smallest absolute Gasteiger partial charge is 0.159 e. The number of allylic oxidation sites excluding steroid dienone is 4. The van der Waals surface area contributed by atoms with Crippen molar-refractivity contribution in [2.75, 3.05) is 0 Å². The van der Waals surface area contributed by atoms with Crippen molar-refractivity contribution in [3.63, 3.8) is 0 Å². The third kappa shape index (κ3) is 4.03. The highest BCUT2D eigenvalue weighted by Gasteiger charge is 2.15. The molecule has 0 aromatic rings. The van der Waals surface area contributed by atoms with Crippen molar-refractivity contribution in [3.8, 4) is 0 Å². The Balaban J connectivity index is 2.69. The standard InChI is InChI=1S/C14H22O/c1-3-4-9-12(2)13-10-7-5-6-8-11-14(13)15/h4,9-10,12H,3,5-8,11H2,1-2H3/b9-4-,13-10-/t12-/m0/s1. The molecular formula is C14H22O. The van der Waals surface area contributed by atoms with Crippen LogP contribution in [-0.4, -0.2) is 5.78 Å². The molecule has 0 spiro atoms. The molecule has 1 nitrogen and oxygen atoms in total. The fourth-order valence-electron chi connectivity index (χ4n) is 2.01. The van der Waals surface area contributed by atoms with Crippen LogP contribution in [0.3, 0.4) is 0 Å². The van der Waals surface area contributed by atoms with Crippen molar-refractivity contribution in [2.45, 2.75) is 52.4 Å². The number of Topliss-reactive ketones (excluding diaryl/α,β-unsaturated/α-hetero) is 1. The van der Waals surface area contributed by atoms with Gasteiger partial charge < -0.3 is 0 Å². The van der Waals surface area contributed by atoms with Crippen molar-refractivity contribution in [3.05, 3.63) is 23.8 Å². The maximum Gasteiger partial charge on any atom is 0.159 e. The fraction of sp³-hybridized carbons (Fsp3) is 0.643. The molecule has 1 heteroatoms. The summed E-state index contributed by atoms with van der Waals surface area (Å²) in [5.74, 6) is 0.665. The Hall–Kier alpha value is -0.850. The van der Waals surface area contributed by atoms with Crippen molar-refractivity contribution in [1.82, 2.24) is 0 Å². The van der Waals surface area contributed by atoms with Crippen molar-refractivity contribution < 1.29 is 4.79 Å². The summed E-state index contributed by atoms with van der Waals surface area (Å²) in [4.78, 5) is 11.9. The second-order valence-electron chi connectivity index (χ2n) is 4.31. The number of hydrogen-bond acceptors (Lipinski definition) is 1. The van der Waals surface area contributed by atoms with E-state index >= 15 is 0 Å². The third-order valence-corrected chi connectivity index (χ3v) is 2.95. The van der Waals surface area contributed by atoms with Crippen molar-refractivity contribution in [1.29, 1.82) is 0 Å². The zero-order valence-electron chi connectivity index (χ0n) is 9.96. The summed E-state index contributed by atoms with van der Waals surface area (Å²) in [5.41, 5.74) is 1.04. The highest BCUT2D eigenvalue weighted by atomic mass is 16.1. The lowest BCUT2D eigenvalue weighted by Gasteiger charge is -2.14. The molecule has 1 aliphatic rings. The minimum absolute atomic E-state index is 0.301. The Morgan fingerprint density at radius 2 is 2.20 bits per heavy atom. The first kappa shape index (κ1) is 12.2. The van der Waals surface area contributed by atoms with E-state index in [0.29, 0.717) is 11.7 Å². The highest BCUT2D eigenvalue weighted by Crippen LogP contribution is 2.21. The maximum atomic E-state index is 11.9. The Bertz CT molecular complexity index is 261. The molecule has 0 aliphatic heterocycles. The van der Waals surface area contributed by atoms with Crippen LogP contribution in [0.25, 0.3) is 0 Å². The van der Waals surface area contributed by atoms with E-state index in [2.05, 4.69) is 32.1 Å². The molecule has 84 valence electrons. The van der Waals surface area contributed by atoms with Crippen LogP contribution in [0.2, 0.25) is 0 Å². The van der Waals surface area contributed by atoms with Crippen LogP contribution >= 0.6 is 0 Å². The topological polar surface area (TPSA) is 17.1 Å². The first-order valence-corrected chi connectivity index (χ1v) is 6.15. The number of ketones is 1. The van der Waals surface area contributed by atoms with Gasteiger partial charge in [-0.25, -0.2) is 0 Å². The van der Waals surface area contributed by atoms with E-state index in [4.69, 9.17) is 0 Å². The summed E-state index contributed by atoms with van der Waals surface area (Å²) >= 11 is 0. The van der Waals surface area contributed by atoms with Gasteiger partial charge in [0.1, 0.15) is 0 Å². The first-order valence-electron chi connectivity index (χ1n) is 6.15. The van der Waals surface area contributed by atoms with Gasteiger partial charge in [-0.05, 0) is 31.3 Å². The van der Waals surface area contributed by atoms with Crippen molar-refractivity contribution in [2.24, 2.45) is 5.92 Å². The monoisotopic (exact) mass is 206 g/mol. The van der Waals surface area contributed by atoms with Gasteiger partial charge >= 0.3 is 0 Å². The molecule has 0 unspecified atom stereocenters. The van der Waals surface area contributed by atoms with Gasteiger partial charge in [0.05, 0.1) is 0 Å². The predicted octanol–water partition coefficient (Wildman–Crippen LogP) is 4.05. The van der Waals surface area contributed by atoms with E-state index in [-0.39, 0.29) is 0 Å².